The quantitative estimate of drug-likeness (QED) is 0.155. The second-order valence-electron chi connectivity index (χ2n) is 29.8. The minimum atomic E-state index is -0.738. The molecule has 0 N–H and O–H groups in total. The van der Waals surface area contributed by atoms with Crippen LogP contribution >= 0.6 is 0 Å². The lowest BCUT2D eigenvalue weighted by Gasteiger charge is -2.42. The largest absolute Gasteiger partial charge is 0.458 e. The second kappa shape index (κ2) is 21.2. The fourth-order valence-corrected chi connectivity index (χ4v) is 17.7. The molecule has 2 aliphatic carbocycles. The first kappa shape index (κ1) is 57.6. The van der Waals surface area contributed by atoms with Crippen molar-refractivity contribution >= 4 is 80.3 Å². The number of anilines is 6. The smallest absolute Gasteiger partial charge is 0.256 e. The van der Waals surface area contributed by atoms with Gasteiger partial charge in [-0.05, 0) is 193 Å². The summed E-state index contributed by atoms with van der Waals surface area (Å²) in [4.78, 5) is 5.08. The van der Waals surface area contributed by atoms with Crippen LogP contribution in [0.3, 0.4) is 0 Å². The zero-order valence-corrected chi connectivity index (χ0v) is 56.2. The summed E-state index contributed by atoms with van der Waals surface area (Å²) in [5, 5.41) is 0. The number of fused-ring (bicyclic) bond motifs is 18. The molecule has 0 aromatic heterocycles. The average molecular weight is 1270 g/mol. The predicted molar refractivity (Wildman–Crippen MR) is 414 cm³/mol. The average Bonchev–Trinajstić information content (AvgIpc) is 1.52. The molecule has 0 bridgehead atoms. The SMILES string of the molecule is CC(C)(C)c1cc2c3c(c1)N(c1ccccc1-c1ccccc1)c1ccc(-c4ccccc4)cc1B3c1cc3c(cc1O2)C1(c2ccccc2-3)c2ccccc2-c2cc3c(cc21)Oc1cc(C(C)(C)C)cc2c1B3c1cc(-c3ccccc3)ccc1N2c1ccccc1-c1ccccc1. The van der Waals surface area contributed by atoms with Crippen molar-refractivity contribution in [3.8, 4) is 89.8 Å². The molecule has 14 aromatic carbocycles. The fourth-order valence-electron chi connectivity index (χ4n) is 17.7. The molecule has 0 saturated carbocycles. The molecule has 99 heavy (non-hydrogen) atoms. The summed E-state index contributed by atoms with van der Waals surface area (Å²) in [6.45, 7) is 13.6. The summed E-state index contributed by atoms with van der Waals surface area (Å²) >= 11 is 0. The van der Waals surface area contributed by atoms with Crippen LogP contribution in [0.2, 0.25) is 0 Å². The van der Waals surface area contributed by atoms with E-state index in [0.29, 0.717) is 0 Å². The van der Waals surface area contributed by atoms with Crippen molar-refractivity contribution in [2.24, 2.45) is 0 Å². The summed E-state index contributed by atoms with van der Waals surface area (Å²) < 4.78 is 15.6. The van der Waals surface area contributed by atoms with E-state index in [9.17, 15) is 0 Å². The highest BCUT2D eigenvalue weighted by Gasteiger charge is 2.55. The van der Waals surface area contributed by atoms with E-state index in [4.69, 9.17) is 9.47 Å². The maximum atomic E-state index is 7.80. The van der Waals surface area contributed by atoms with Gasteiger partial charge in [0.2, 0.25) is 0 Å². The van der Waals surface area contributed by atoms with Gasteiger partial charge < -0.3 is 19.3 Å². The monoisotopic (exact) mass is 1270 g/mol. The van der Waals surface area contributed by atoms with Crippen LogP contribution in [0.5, 0.6) is 23.0 Å². The van der Waals surface area contributed by atoms with Crippen LogP contribution in [0.15, 0.2) is 303 Å². The maximum absolute atomic E-state index is 7.80. The van der Waals surface area contributed by atoms with E-state index in [0.717, 1.165) is 68.0 Å². The zero-order valence-electron chi connectivity index (χ0n) is 56.2. The topological polar surface area (TPSA) is 24.9 Å². The molecule has 4 heterocycles. The number of benzene rings is 14. The molecule has 0 amide bonds. The summed E-state index contributed by atoms with van der Waals surface area (Å²) in [5.41, 5.74) is 34.5. The molecule has 6 aliphatic rings. The molecular formula is C93H68B2N2O2. The van der Waals surface area contributed by atoms with E-state index >= 15 is 0 Å². The van der Waals surface area contributed by atoms with Gasteiger partial charge >= 0.3 is 0 Å². The van der Waals surface area contributed by atoms with Gasteiger partial charge in [0.1, 0.15) is 23.0 Å². The normalized spacial score (nSPS) is 14.1. The molecule has 4 aliphatic heterocycles. The summed E-state index contributed by atoms with van der Waals surface area (Å²) in [7, 11) is 0. The number of nitrogens with zero attached hydrogens (tertiary/aromatic N) is 2. The zero-order chi connectivity index (χ0) is 66.2. The lowest BCUT2D eigenvalue weighted by molar-refractivity contribution is 0.481. The van der Waals surface area contributed by atoms with Gasteiger partial charge in [-0.25, -0.2) is 0 Å². The van der Waals surface area contributed by atoms with Gasteiger partial charge in [0, 0.05) is 33.9 Å². The van der Waals surface area contributed by atoms with Crippen LogP contribution < -0.4 is 52.1 Å². The predicted octanol–water partition coefficient (Wildman–Crippen LogP) is 20.1. The Morgan fingerprint density at radius 2 is 0.606 bits per heavy atom. The Labute approximate surface area is 580 Å². The molecule has 0 unspecified atom stereocenters. The fraction of sp³-hybridized carbons (Fsp3) is 0.0968. The summed E-state index contributed by atoms with van der Waals surface area (Å²) in [6, 6.07) is 114. The van der Waals surface area contributed by atoms with Crippen molar-refractivity contribution in [3.63, 3.8) is 0 Å². The highest BCUT2D eigenvalue weighted by Crippen LogP contribution is 2.64. The third-order valence-electron chi connectivity index (χ3n) is 22.3. The molecule has 4 nitrogen and oxygen atoms in total. The van der Waals surface area contributed by atoms with Crippen molar-refractivity contribution in [2.75, 3.05) is 9.80 Å². The van der Waals surface area contributed by atoms with Crippen molar-refractivity contribution in [3.05, 3.63) is 337 Å². The molecule has 0 saturated heterocycles. The first-order chi connectivity index (χ1) is 48.4. The van der Waals surface area contributed by atoms with Crippen LogP contribution in [0, 0.1) is 0 Å². The van der Waals surface area contributed by atoms with E-state index < -0.39 is 5.41 Å². The number of hydrogen-bond acceptors (Lipinski definition) is 4. The van der Waals surface area contributed by atoms with Crippen molar-refractivity contribution in [1.82, 2.24) is 0 Å². The van der Waals surface area contributed by atoms with Gasteiger partial charge in [-0.3, -0.25) is 0 Å². The second-order valence-corrected chi connectivity index (χ2v) is 29.8. The number of rotatable bonds is 6. The highest BCUT2D eigenvalue weighted by atomic mass is 16.5. The van der Waals surface area contributed by atoms with E-state index in [-0.39, 0.29) is 24.3 Å². The molecule has 0 atom stereocenters. The van der Waals surface area contributed by atoms with Crippen LogP contribution in [0.4, 0.5) is 34.1 Å². The minimum Gasteiger partial charge on any atom is -0.458 e. The molecule has 468 valence electrons. The molecular weight excluding hydrogens is 1200 g/mol. The first-order valence-electron chi connectivity index (χ1n) is 34.9. The van der Waals surface area contributed by atoms with Crippen LogP contribution in [-0.4, -0.2) is 13.4 Å². The van der Waals surface area contributed by atoms with Crippen molar-refractivity contribution < 1.29 is 9.47 Å². The van der Waals surface area contributed by atoms with E-state index in [1.807, 2.05) is 0 Å². The van der Waals surface area contributed by atoms with E-state index in [1.54, 1.807) is 0 Å². The lowest BCUT2D eigenvalue weighted by atomic mass is 9.33. The summed E-state index contributed by atoms with van der Waals surface area (Å²) in [6.07, 6.45) is 0. The van der Waals surface area contributed by atoms with Crippen LogP contribution in [0.25, 0.3) is 66.8 Å². The van der Waals surface area contributed by atoms with Gasteiger partial charge in [-0.15, -0.1) is 0 Å². The van der Waals surface area contributed by atoms with Gasteiger partial charge in [-0.1, -0.05) is 284 Å². The third kappa shape index (κ3) is 8.42. The molecule has 1 spiro atoms. The number of para-hydroxylation sites is 2. The summed E-state index contributed by atoms with van der Waals surface area (Å²) in [5.74, 6) is 3.55. The van der Waals surface area contributed by atoms with Gasteiger partial charge in [0.25, 0.3) is 13.4 Å². The number of ether oxygens (including phenoxy) is 2. The molecule has 14 aromatic rings. The molecule has 20 rings (SSSR count). The highest BCUT2D eigenvalue weighted by molar-refractivity contribution is 7.00. The molecule has 6 heteroatoms. The lowest BCUT2D eigenvalue weighted by Crippen LogP contribution is -2.60. The Morgan fingerprint density at radius 3 is 1.00 bits per heavy atom. The Kier molecular flexibility index (Phi) is 12.3. The van der Waals surface area contributed by atoms with Crippen LogP contribution in [-0.2, 0) is 16.2 Å². The van der Waals surface area contributed by atoms with Gasteiger partial charge in [0.15, 0.2) is 0 Å². The third-order valence-corrected chi connectivity index (χ3v) is 22.3. The maximum Gasteiger partial charge on any atom is 0.256 e. The van der Waals surface area contributed by atoms with E-state index in [2.05, 4.69) is 355 Å². The van der Waals surface area contributed by atoms with E-state index in [1.165, 1.54) is 122 Å². The Hall–Kier alpha value is -11.6. The minimum absolute atomic E-state index is 0.171. The van der Waals surface area contributed by atoms with Crippen LogP contribution in [0.1, 0.15) is 74.9 Å². The Morgan fingerprint density at radius 1 is 0.253 bits per heavy atom. The van der Waals surface area contributed by atoms with Gasteiger partial charge in [0.05, 0.1) is 16.8 Å². The first-order valence-corrected chi connectivity index (χ1v) is 34.9. The standard InChI is InChI=1S/C93H68B2N2O2/c1-91(2,3)63-49-83-89-87(51-63)98-85-55-73-69(53-77(85)94(89)75-47-61(57-27-11-7-12-28-57)43-45-81(75)96(83)79-41-25-21-35-65(79)59-31-15-9-16-32-59)67-37-19-23-39-71(67)93(73)72-40-24-20-38-68(72)70-54-78-86(56-74(70)93)99-88-52-64(92(4,5)6)50-84-90(88)95(78)76-48-62(58-29-13-8-14-30-58)44-46-82(76)97(84)80-42-26-22-36-66(80)60-33-17-10-18-34-60/h7-56H,1-6H3. The Balaban J connectivity index is 0.821. The van der Waals surface area contributed by atoms with Crippen molar-refractivity contribution in [1.29, 1.82) is 0 Å². The Bertz CT molecular complexity index is 5380. The number of hydrogen-bond donors (Lipinski definition) is 0. The molecule has 0 fully saturated rings. The van der Waals surface area contributed by atoms with Crippen molar-refractivity contribution in [2.45, 2.75) is 57.8 Å². The molecule has 0 radical (unpaired) electrons. The van der Waals surface area contributed by atoms with Gasteiger partial charge in [-0.2, -0.15) is 0 Å².